The van der Waals surface area contributed by atoms with Gasteiger partial charge in [-0.2, -0.15) is 5.26 Å². The molecule has 0 aromatic carbocycles. The van der Waals surface area contributed by atoms with Gasteiger partial charge in [0, 0.05) is 19.6 Å². The van der Waals surface area contributed by atoms with E-state index >= 15 is 0 Å². The molecule has 0 aromatic heterocycles. The largest absolute Gasteiger partial charge is 0.387 e. The van der Waals surface area contributed by atoms with E-state index in [0.29, 0.717) is 13.1 Å². The monoisotopic (exact) mass is 183 g/mol. The number of aliphatic hydroxyl groups is 1. The second-order valence-electron chi connectivity index (χ2n) is 3.15. The van der Waals surface area contributed by atoms with Gasteiger partial charge < -0.3 is 14.9 Å². The smallest absolute Gasteiger partial charge is 0.249 e. The summed E-state index contributed by atoms with van der Waals surface area (Å²) in [7, 11) is 1.91. The molecule has 1 atom stereocenters. The Morgan fingerprint density at radius 3 is 2.92 bits per heavy atom. The molecule has 1 aliphatic rings. The van der Waals surface area contributed by atoms with Gasteiger partial charge >= 0.3 is 0 Å². The first-order valence-corrected chi connectivity index (χ1v) is 4.17. The van der Waals surface area contributed by atoms with Crippen molar-refractivity contribution in [1.29, 1.82) is 5.26 Å². The van der Waals surface area contributed by atoms with Crippen molar-refractivity contribution < 1.29 is 9.90 Å². The van der Waals surface area contributed by atoms with Crippen LogP contribution in [0.15, 0.2) is 0 Å². The number of carbonyl (C=O) groups excluding carboxylic acids is 1. The van der Waals surface area contributed by atoms with Crippen molar-refractivity contribution in [3.8, 4) is 6.07 Å². The summed E-state index contributed by atoms with van der Waals surface area (Å²) in [6.45, 7) is 1.32. The lowest BCUT2D eigenvalue weighted by Gasteiger charge is -2.35. The van der Waals surface area contributed by atoms with E-state index in [1.807, 2.05) is 11.9 Å². The zero-order chi connectivity index (χ0) is 9.84. The third-order valence-corrected chi connectivity index (χ3v) is 2.19. The molecule has 5 heteroatoms. The highest BCUT2D eigenvalue weighted by molar-refractivity contribution is 5.78. The number of amides is 1. The molecule has 1 unspecified atom stereocenters. The van der Waals surface area contributed by atoms with Crippen LogP contribution in [0.5, 0.6) is 0 Å². The molecule has 0 radical (unpaired) electrons. The second-order valence-corrected chi connectivity index (χ2v) is 3.15. The van der Waals surface area contributed by atoms with Crippen LogP contribution in [0.25, 0.3) is 0 Å². The van der Waals surface area contributed by atoms with Gasteiger partial charge in [0.2, 0.25) is 5.91 Å². The van der Waals surface area contributed by atoms with E-state index in [0.717, 1.165) is 6.54 Å². The Kier molecular flexibility index (Phi) is 3.23. The van der Waals surface area contributed by atoms with E-state index in [9.17, 15) is 4.79 Å². The van der Waals surface area contributed by atoms with Crippen molar-refractivity contribution in [2.75, 3.05) is 33.3 Å². The number of carbonyl (C=O) groups is 1. The molecule has 0 saturated carbocycles. The lowest BCUT2D eigenvalue weighted by Crippen LogP contribution is -2.54. The molecule has 1 saturated heterocycles. The highest BCUT2D eigenvalue weighted by Gasteiger charge is 2.27. The first kappa shape index (κ1) is 9.96. The van der Waals surface area contributed by atoms with Crippen LogP contribution in [0, 0.1) is 11.3 Å². The molecule has 72 valence electrons. The Balaban J connectivity index is 2.64. The van der Waals surface area contributed by atoms with E-state index in [1.165, 1.54) is 4.90 Å². The van der Waals surface area contributed by atoms with Gasteiger partial charge in [-0.1, -0.05) is 0 Å². The molecule has 5 nitrogen and oxygen atoms in total. The molecule has 0 bridgehead atoms. The number of hydrogen-bond acceptors (Lipinski definition) is 4. The fourth-order valence-electron chi connectivity index (χ4n) is 1.42. The van der Waals surface area contributed by atoms with E-state index < -0.39 is 12.6 Å². The van der Waals surface area contributed by atoms with E-state index in [4.69, 9.17) is 10.4 Å². The third kappa shape index (κ3) is 2.17. The molecule has 1 N–H and O–H groups in total. The highest BCUT2D eigenvalue weighted by Crippen LogP contribution is 2.07. The number of piperazine rings is 1. The second kappa shape index (κ2) is 4.21. The SMILES string of the molecule is CN1CCN(C(=O)CO)C(C#N)C1. The molecule has 0 aromatic rings. The molecule has 1 fully saturated rings. The molecule has 1 amide bonds. The summed E-state index contributed by atoms with van der Waals surface area (Å²) in [5.41, 5.74) is 0. The summed E-state index contributed by atoms with van der Waals surface area (Å²) in [4.78, 5) is 14.6. The lowest BCUT2D eigenvalue weighted by atomic mass is 10.2. The quantitative estimate of drug-likeness (QED) is 0.545. The highest BCUT2D eigenvalue weighted by atomic mass is 16.3. The van der Waals surface area contributed by atoms with Gasteiger partial charge in [0.1, 0.15) is 12.6 Å². The van der Waals surface area contributed by atoms with Crippen molar-refractivity contribution in [3.63, 3.8) is 0 Å². The Morgan fingerprint density at radius 1 is 1.69 bits per heavy atom. The van der Waals surface area contributed by atoms with Crippen LogP contribution in [-0.4, -0.2) is 60.1 Å². The minimum Gasteiger partial charge on any atom is -0.387 e. The van der Waals surface area contributed by atoms with Gasteiger partial charge in [-0.05, 0) is 7.05 Å². The maximum atomic E-state index is 11.1. The lowest BCUT2D eigenvalue weighted by molar-refractivity contribution is -0.137. The van der Waals surface area contributed by atoms with Crippen molar-refractivity contribution in [2.24, 2.45) is 0 Å². The van der Waals surface area contributed by atoms with Crippen LogP contribution < -0.4 is 0 Å². The normalized spacial score (nSPS) is 24.1. The van der Waals surface area contributed by atoms with Gasteiger partial charge in [0.25, 0.3) is 0 Å². The molecule has 1 heterocycles. The molecular weight excluding hydrogens is 170 g/mol. The molecule has 0 spiro atoms. The summed E-state index contributed by atoms with van der Waals surface area (Å²) in [5, 5.41) is 17.4. The first-order valence-electron chi connectivity index (χ1n) is 4.17. The number of aliphatic hydroxyl groups excluding tert-OH is 1. The summed E-state index contributed by atoms with van der Waals surface area (Å²) in [6.07, 6.45) is 0. The topological polar surface area (TPSA) is 67.6 Å². The number of nitrogens with zero attached hydrogens (tertiary/aromatic N) is 3. The summed E-state index contributed by atoms with van der Waals surface area (Å²) in [5.74, 6) is -0.361. The molecule has 0 aliphatic carbocycles. The molecule has 1 rings (SSSR count). The average Bonchev–Trinajstić information content (AvgIpc) is 2.16. The van der Waals surface area contributed by atoms with E-state index in [2.05, 4.69) is 6.07 Å². The Hall–Kier alpha value is -1.12. The van der Waals surface area contributed by atoms with Crippen LogP contribution >= 0.6 is 0 Å². The minimum atomic E-state index is -0.512. The Bertz CT molecular complexity index is 236. The zero-order valence-corrected chi connectivity index (χ0v) is 7.60. The van der Waals surface area contributed by atoms with Crippen molar-refractivity contribution in [2.45, 2.75) is 6.04 Å². The summed E-state index contributed by atoms with van der Waals surface area (Å²) < 4.78 is 0. The van der Waals surface area contributed by atoms with Gasteiger partial charge in [-0.25, -0.2) is 0 Å². The van der Waals surface area contributed by atoms with Gasteiger partial charge in [0.05, 0.1) is 6.07 Å². The molecule has 1 aliphatic heterocycles. The average molecular weight is 183 g/mol. The van der Waals surface area contributed by atoms with Crippen LogP contribution in [0.4, 0.5) is 0 Å². The van der Waals surface area contributed by atoms with Crippen LogP contribution in [0.3, 0.4) is 0 Å². The van der Waals surface area contributed by atoms with E-state index in [-0.39, 0.29) is 5.91 Å². The minimum absolute atomic E-state index is 0.361. The number of likely N-dealkylation sites (N-methyl/N-ethyl adjacent to an activating group) is 1. The number of hydrogen-bond donors (Lipinski definition) is 1. The number of nitriles is 1. The van der Waals surface area contributed by atoms with E-state index in [1.54, 1.807) is 0 Å². The predicted molar refractivity (Wildman–Crippen MR) is 45.7 cm³/mol. The fraction of sp³-hybridized carbons (Fsp3) is 0.750. The van der Waals surface area contributed by atoms with Crippen molar-refractivity contribution >= 4 is 5.91 Å². The van der Waals surface area contributed by atoms with Gasteiger partial charge in [0.15, 0.2) is 0 Å². The summed E-state index contributed by atoms with van der Waals surface area (Å²) >= 11 is 0. The van der Waals surface area contributed by atoms with Crippen LogP contribution in [-0.2, 0) is 4.79 Å². The van der Waals surface area contributed by atoms with Crippen molar-refractivity contribution in [1.82, 2.24) is 9.80 Å². The third-order valence-electron chi connectivity index (χ3n) is 2.19. The Morgan fingerprint density at radius 2 is 2.38 bits per heavy atom. The number of rotatable bonds is 1. The Labute approximate surface area is 77.2 Å². The van der Waals surface area contributed by atoms with Crippen LogP contribution in [0.1, 0.15) is 0 Å². The van der Waals surface area contributed by atoms with Gasteiger partial charge in [-0.3, -0.25) is 4.79 Å². The predicted octanol–water partition coefficient (Wildman–Crippen LogP) is -1.36. The standard InChI is InChI=1S/C8H13N3O2/c1-10-2-3-11(8(13)6-12)7(4-9)5-10/h7,12H,2-3,5-6H2,1H3. The summed E-state index contributed by atoms with van der Waals surface area (Å²) in [6, 6.07) is 1.63. The maximum Gasteiger partial charge on any atom is 0.249 e. The van der Waals surface area contributed by atoms with Crippen LogP contribution in [0.2, 0.25) is 0 Å². The van der Waals surface area contributed by atoms with Gasteiger partial charge in [-0.15, -0.1) is 0 Å². The zero-order valence-electron chi connectivity index (χ0n) is 7.60. The maximum absolute atomic E-state index is 11.1. The molecular formula is C8H13N3O2. The molecule has 13 heavy (non-hydrogen) atoms. The first-order chi connectivity index (χ1) is 6.19. The van der Waals surface area contributed by atoms with Crippen molar-refractivity contribution in [3.05, 3.63) is 0 Å². The fourth-order valence-corrected chi connectivity index (χ4v) is 1.42.